The van der Waals surface area contributed by atoms with Crippen LogP contribution in [0.5, 0.6) is 11.5 Å². The average Bonchev–Trinajstić information content (AvgIpc) is 2.83. The molecule has 1 aromatic carbocycles. The molecule has 1 saturated heterocycles. The molecule has 0 N–H and O–H groups in total. The Balaban J connectivity index is 1.32. The summed E-state index contributed by atoms with van der Waals surface area (Å²) in [5, 5.41) is 0. The number of hydrogen-bond donors (Lipinski definition) is 0. The van der Waals surface area contributed by atoms with Crippen molar-refractivity contribution in [3.8, 4) is 11.5 Å². The minimum atomic E-state index is -2.07. The molecule has 148 valence electrons. The fraction of sp³-hybridized carbons (Fsp3) is 0.667. The number of fused-ring (bicyclic) bond motifs is 1. The van der Waals surface area contributed by atoms with E-state index in [0.717, 1.165) is 38.8 Å². The van der Waals surface area contributed by atoms with Crippen molar-refractivity contribution in [3.63, 3.8) is 0 Å². The first kappa shape index (κ1) is 18.4. The van der Waals surface area contributed by atoms with E-state index in [2.05, 4.69) is 0 Å². The van der Waals surface area contributed by atoms with Gasteiger partial charge in [0.25, 0.3) is 0 Å². The molecule has 0 radical (unpaired) electrons. The number of ether oxygens (including phenoxy) is 3. The van der Waals surface area contributed by atoms with Crippen molar-refractivity contribution in [3.05, 3.63) is 23.8 Å². The fourth-order valence-corrected chi connectivity index (χ4v) is 4.48. The molecule has 1 amide bonds. The Morgan fingerprint density at radius 3 is 2.44 bits per heavy atom. The van der Waals surface area contributed by atoms with E-state index in [1.54, 1.807) is 6.07 Å². The smallest absolute Gasteiger partial charge is 0.410 e. The number of piperidine rings is 1. The van der Waals surface area contributed by atoms with Gasteiger partial charge in [0.15, 0.2) is 11.5 Å². The van der Waals surface area contributed by atoms with Crippen LogP contribution in [0.1, 0.15) is 64.9 Å². The van der Waals surface area contributed by atoms with Crippen LogP contribution in [-0.2, 0) is 4.74 Å². The lowest BCUT2D eigenvalue weighted by molar-refractivity contribution is -0.173. The summed E-state index contributed by atoms with van der Waals surface area (Å²) >= 11 is 0. The van der Waals surface area contributed by atoms with Crippen LogP contribution in [-0.4, -0.2) is 35.7 Å². The normalized spacial score (nSPS) is 26.8. The lowest BCUT2D eigenvalue weighted by atomic mass is 9.56. The molecule has 1 unspecified atom stereocenters. The predicted molar refractivity (Wildman–Crippen MR) is 98.7 cm³/mol. The van der Waals surface area contributed by atoms with Crippen LogP contribution in [0.2, 0.25) is 0 Å². The SMILES string of the molecule is CC(C)(C)OC(=O)N1CCC2(CC1)CC(c1ccc3c(c1)OC(C)(F)O3)C2. The van der Waals surface area contributed by atoms with Gasteiger partial charge in [-0.1, -0.05) is 6.07 Å². The number of nitrogens with zero attached hydrogens (tertiary/aromatic N) is 1. The van der Waals surface area contributed by atoms with Gasteiger partial charge < -0.3 is 19.1 Å². The van der Waals surface area contributed by atoms with Gasteiger partial charge in [0.05, 0.1) is 0 Å². The number of benzene rings is 1. The van der Waals surface area contributed by atoms with Crippen molar-refractivity contribution < 1.29 is 23.4 Å². The van der Waals surface area contributed by atoms with Gasteiger partial charge in [-0.2, -0.15) is 4.39 Å². The molecule has 2 heterocycles. The highest BCUT2D eigenvalue weighted by molar-refractivity contribution is 5.68. The Bertz CT molecular complexity index is 739. The minimum absolute atomic E-state index is 0.210. The molecule has 1 saturated carbocycles. The molecule has 4 rings (SSSR count). The first-order chi connectivity index (χ1) is 12.5. The van der Waals surface area contributed by atoms with Gasteiger partial charge in [-0.05, 0) is 75.5 Å². The maximum absolute atomic E-state index is 13.8. The molecule has 5 nitrogen and oxygen atoms in total. The second-order valence-corrected chi connectivity index (χ2v) is 9.32. The van der Waals surface area contributed by atoms with Crippen LogP contribution in [0.3, 0.4) is 0 Å². The molecule has 1 aliphatic carbocycles. The summed E-state index contributed by atoms with van der Waals surface area (Å²) < 4.78 is 29.7. The predicted octanol–water partition coefficient (Wildman–Crippen LogP) is 5.00. The summed E-state index contributed by atoms with van der Waals surface area (Å²) in [5.41, 5.74) is 1.03. The van der Waals surface area contributed by atoms with E-state index in [-0.39, 0.29) is 6.09 Å². The largest absolute Gasteiger partial charge is 0.444 e. The summed E-state index contributed by atoms with van der Waals surface area (Å²) in [7, 11) is 0. The molecule has 3 aliphatic rings. The molecular weight excluding hydrogens is 349 g/mol. The highest BCUT2D eigenvalue weighted by Crippen LogP contribution is 2.57. The van der Waals surface area contributed by atoms with Gasteiger partial charge in [-0.15, -0.1) is 0 Å². The van der Waals surface area contributed by atoms with Crippen LogP contribution >= 0.6 is 0 Å². The third kappa shape index (κ3) is 3.71. The van der Waals surface area contributed by atoms with Crippen LogP contribution in [0.25, 0.3) is 0 Å². The molecule has 0 bridgehead atoms. The average molecular weight is 377 g/mol. The monoisotopic (exact) mass is 377 g/mol. The number of carbonyl (C=O) groups is 1. The van der Waals surface area contributed by atoms with Crippen LogP contribution < -0.4 is 9.47 Å². The Morgan fingerprint density at radius 2 is 1.81 bits per heavy atom. The molecule has 1 aromatic rings. The summed E-state index contributed by atoms with van der Waals surface area (Å²) in [6.45, 7) is 8.45. The van der Waals surface area contributed by atoms with Crippen molar-refractivity contribution in [2.75, 3.05) is 13.1 Å². The molecular formula is C21H28FNO4. The molecule has 27 heavy (non-hydrogen) atoms. The Hall–Kier alpha value is -1.98. The molecule has 2 aliphatic heterocycles. The zero-order chi connectivity index (χ0) is 19.4. The quantitative estimate of drug-likeness (QED) is 0.691. The molecule has 2 fully saturated rings. The van der Waals surface area contributed by atoms with E-state index in [9.17, 15) is 9.18 Å². The second-order valence-electron chi connectivity index (χ2n) is 9.32. The van der Waals surface area contributed by atoms with Gasteiger partial charge in [0, 0.05) is 20.0 Å². The fourth-order valence-electron chi connectivity index (χ4n) is 4.48. The van der Waals surface area contributed by atoms with Gasteiger partial charge >= 0.3 is 12.1 Å². The van der Waals surface area contributed by atoms with Gasteiger partial charge in [0.1, 0.15) is 5.60 Å². The number of likely N-dealkylation sites (tertiary alicyclic amines) is 1. The van der Waals surface area contributed by atoms with Crippen LogP contribution in [0.4, 0.5) is 9.18 Å². The first-order valence-electron chi connectivity index (χ1n) is 9.73. The number of hydrogen-bond acceptors (Lipinski definition) is 4. The van der Waals surface area contributed by atoms with E-state index in [1.165, 1.54) is 12.5 Å². The second kappa shape index (κ2) is 6.01. The van der Waals surface area contributed by atoms with Crippen molar-refractivity contribution in [2.45, 2.75) is 70.9 Å². The summed E-state index contributed by atoms with van der Waals surface area (Å²) in [6.07, 6.45) is 4.01. The van der Waals surface area contributed by atoms with Gasteiger partial charge in [0.2, 0.25) is 0 Å². The number of rotatable bonds is 1. The molecule has 6 heteroatoms. The number of carbonyl (C=O) groups excluding carboxylic acids is 1. The molecule has 1 spiro atoms. The van der Waals surface area contributed by atoms with Crippen LogP contribution in [0, 0.1) is 5.41 Å². The van der Waals surface area contributed by atoms with Gasteiger partial charge in [-0.25, -0.2) is 4.79 Å². The third-order valence-electron chi connectivity index (χ3n) is 5.86. The van der Waals surface area contributed by atoms with Crippen molar-refractivity contribution >= 4 is 6.09 Å². The van der Waals surface area contributed by atoms with Crippen LogP contribution in [0.15, 0.2) is 18.2 Å². The number of halogens is 1. The third-order valence-corrected chi connectivity index (χ3v) is 5.86. The molecule has 1 atom stereocenters. The van der Waals surface area contributed by atoms with Crippen molar-refractivity contribution in [1.82, 2.24) is 4.90 Å². The number of alkyl halides is 1. The Labute approximate surface area is 159 Å². The topological polar surface area (TPSA) is 48.0 Å². The molecule has 0 aromatic heterocycles. The summed E-state index contributed by atoms with van der Waals surface area (Å²) in [6, 6.07) is 3.65. The van der Waals surface area contributed by atoms with E-state index in [0.29, 0.717) is 22.8 Å². The zero-order valence-corrected chi connectivity index (χ0v) is 16.5. The Kier molecular flexibility index (Phi) is 4.09. The van der Waals surface area contributed by atoms with E-state index in [1.807, 2.05) is 37.8 Å². The standard InChI is InChI=1S/C21H28FNO4/c1-19(2,3)27-18(24)23-9-7-21(8-10-23)12-15(13-21)14-5-6-16-17(11-14)26-20(4,22)25-16/h5-6,11,15H,7-10,12-13H2,1-4H3. The van der Waals surface area contributed by atoms with E-state index in [4.69, 9.17) is 14.2 Å². The lowest BCUT2D eigenvalue weighted by Crippen LogP contribution is -2.49. The minimum Gasteiger partial charge on any atom is -0.444 e. The van der Waals surface area contributed by atoms with Crippen molar-refractivity contribution in [2.24, 2.45) is 5.41 Å². The lowest BCUT2D eigenvalue weighted by Gasteiger charge is -2.52. The van der Waals surface area contributed by atoms with E-state index < -0.39 is 11.6 Å². The highest BCUT2D eigenvalue weighted by atomic mass is 19.2. The van der Waals surface area contributed by atoms with E-state index >= 15 is 0 Å². The Morgan fingerprint density at radius 1 is 1.19 bits per heavy atom. The van der Waals surface area contributed by atoms with Gasteiger partial charge in [-0.3, -0.25) is 0 Å². The van der Waals surface area contributed by atoms with Crippen molar-refractivity contribution in [1.29, 1.82) is 0 Å². The summed E-state index contributed by atoms with van der Waals surface area (Å²) in [5.74, 6) is 1.40. The maximum atomic E-state index is 13.8. The first-order valence-corrected chi connectivity index (χ1v) is 9.73. The summed E-state index contributed by atoms with van der Waals surface area (Å²) in [4.78, 5) is 14.1. The zero-order valence-electron chi connectivity index (χ0n) is 16.5. The number of amides is 1. The maximum Gasteiger partial charge on any atom is 0.410 e. The highest BCUT2D eigenvalue weighted by Gasteiger charge is 2.47.